The van der Waals surface area contributed by atoms with E-state index >= 15 is 0 Å². The van der Waals surface area contributed by atoms with Gasteiger partial charge >= 0.3 is 5.97 Å². The normalized spacial score (nSPS) is 14.2. The zero-order chi connectivity index (χ0) is 25.5. The number of nitrogens with zero attached hydrogens (tertiary/aromatic N) is 1. The summed E-state index contributed by atoms with van der Waals surface area (Å²) in [5.74, 6) is -2.33. The number of primary amides is 1. The van der Waals surface area contributed by atoms with Crippen molar-refractivity contribution in [2.45, 2.75) is 6.92 Å². The van der Waals surface area contributed by atoms with E-state index in [1.54, 1.807) is 31.2 Å². The maximum atomic E-state index is 12.8. The molecule has 1 fully saturated rings. The van der Waals surface area contributed by atoms with Gasteiger partial charge in [0, 0.05) is 11.3 Å². The molecule has 1 aliphatic heterocycles. The van der Waals surface area contributed by atoms with Crippen LogP contribution in [0.3, 0.4) is 0 Å². The number of thioether (sulfide) groups is 1. The van der Waals surface area contributed by atoms with Crippen LogP contribution in [0.15, 0.2) is 47.4 Å². The molecule has 0 radical (unpaired) electrons. The zero-order valence-electron chi connectivity index (χ0n) is 18.4. The van der Waals surface area contributed by atoms with Crippen molar-refractivity contribution < 1.29 is 33.4 Å². The number of carbonyl (C=O) groups excluding carboxylic acids is 5. The second-order valence-electron chi connectivity index (χ2n) is 7.02. The minimum Gasteiger partial charge on any atom is -0.483 e. The number of nitrogens with one attached hydrogen (secondary N) is 1. The summed E-state index contributed by atoms with van der Waals surface area (Å²) in [5, 5.41) is 2.05. The molecule has 0 atom stereocenters. The Balaban J connectivity index is 1.71. The van der Waals surface area contributed by atoms with E-state index in [1.165, 1.54) is 24.3 Å². The van der Waals surface area contributed by atoms with Crippen LogP contribution in [0.25, 0.3) is 6.08 Å². The summed E-state index contributed by atoms with van der Waals surface area (Å²) < 4.78 is 10.3. The number of benzene rings is 2. The van der Waals surface area contributed by atoms with Crippen LogP contribution in [0.1, 0.15) is 22.8 Å². The van der Waals surface area contributed by atoms with Gasteiger partial charge in [0.1, 0.15) is 12.3 Å². The molecule has 0 aromatic heterocycles. The average Bonchev–Trinajstić information content (AvgIpc) is 3.07. The van der Waals surface area contributed by atoms with Gasteiger partial charge in [-0.25, -0.2) is 4.79 Å². The van der Waals surface area contributed by atoms with Crippen molar-refractivity contribution in [3.05, 3.63) is 63.5 Å². The summed E-state index contributed by atoms with van der Waals surface area (Å²) in [6.45, 7) is 0.906. The van der Waals surface area contributed by atoms with Gasteiger partial charge in [0.05, 0.1) is 22.1 Å². The first-order chi connectivity index (χ1) is 16.7. The van der Waals surface area contributed by atoms with E-state index < -0.39 is 35.5 Å². The van der Waals surface area contributed by atoms with Gasteiger partial charge in [-0.1, -0.05) is 29.8 Å². The number of hydrogen-bond donors (Lipinski definition) is 2. The van der Waals surface area contributed by atoms with Crippen LogP contribution in [0.4, 0.5) is 10.5 Å². The molecule has 2 aromatic rings. The Hall–Kier alpha value is -3.83. The van der Waals surface area contributed by atoms with E-state index in [4.69, 9.17) is 26.8 Å². The van der Waals surface area contributed by atoms with Crippen LogP contribution < -0.4 is 15.8 Å². The fraction of sp³-hybridized carbons (Fsp3) is 0.174. The Bertz CT molecular complexity index is 1230. The molecule has 0 bridgehead atoms. The van der Waals surface area contributed by atoms with Crippen molar-refractivity contribution in [2.75, 3.05) is 25.1 Å². The molecule has 3 rings (SSSR count). The summed E-state index contributed by atoms with van der Waals surface area (Å²) in [6, 6.07) is 10.8. The molecule has 4 amide bonds. The lowest BCUT2D eigenvalue weighted by Crippen LogP contribution is -2.36. The quantitative estimate of drug-likeness (QED) is 0.381. The van der Waals surface area contributed by atoms with Crippen LogP contribution in [-0.4, -0.2) is 53.6 Å². The third kappa shape index (κ3) is 6.61. The van der Waals surface area contributed by atoms with Crippen molar-refractivity contribution in [3.63, 3.8) is 0 Å². The first-order valence-electron chi connectivity index (χ1n) is 10.2. The highest BCUT2D eigenvalue weighted by Crippen LogP contribution is 2.34. The van der Waals surface area contributed by atoms with Gasteiger partial charge in [-0.2, -0.15) is 0 Å². The lowest BCUT2D eigenvalue weighted by atomic mass is 10.2. The number of esters is 1. The summed E-state index contributed by atoms with van der Waals surface area (Å²) in [5.41, 5.74) is 5.87. The monoisotopic (exact) mass is 517 g/mol. The highest BCUT2D eigenvalue weighted by Gasteiger charge is 2.36. The second-order valence-corrected chi connectivity index (χ2v) is 8.42. The van der Waals surface area contributed by atoms with Crippen molar-refractivity contribution in [2.24, 2.45) is 5.73 Å². The van der Waals surface area contributed by atoms with Gasteiger partial charge in [0.15, 0.2) is 6.61 Å². The first kappa shape index (κ1) is 25.8. The fourth-order valence-electron chi connectivity index (χ4n) is 2.97. The molecule has 2 aromatic carbocycles. The number of amides is 4. The molecular formula is C23H20ClN3O7S. The Labute approximate surface area is 209 Å². The molecule has 35 heavy (non-hydrogen) atoms. The maximum absolute atomic E-state index is 12.8. The lowest BCUT2D eigenvalue weighted by Gasteiger charge is -2.13. The van der Waals surface area contributed by atoms with E-state index in [9.17, 15) is 24.0 Å². The molecule has 10 nitrogen and oxygen atoms in total. The third-order valence-electron chi connectivity index (χ3n) is 4.50. The van der Waals surface area contributed by atoms with Gasteiger partial charge in [-0.05, 0) is 49.0 Å². The molecule has 1 heterocycles. The smallest absolute Gasteiger partial charge is 0.339 e. The molecule has 1 aliphatic rings. The van der Waals surface area contributed by atoms with Gasteiger partial charge in [-0.3, -0.25) is 24.1 Å². The van der Waals surface area contributed by atoms with Crippen LogP contribution in [0, 0.1) is 0 Å². The molecule has 3 N–H and O–H groups in total. The van der Waals surface area contributed by atoms with Crippen LogP contribution in [-0.2, 0) is 19.1 Å². The van der Waals surface area contributed by atoms with Crippen molar-refractivity contribution in [1.29, 1.82) is 0 Å². The highest BCUT2D eigenvalue weighted by atomic mass is 35.5. The number of para-hydroxylation sites is 1. The van der Waals surface area contributed by atoms with E-state index in [-0.39, 0.29) is 34.4 Å². The molecule has 0 unspecified atom stereocenters. The molecule has 0 spiro atoms. The fourth-order valence-corrected chi connectivity index (χ4v) is 3.99. The van der Waals surface area contributed by atoms with Crippen LogP contribution in [0.2, 0.25) is 5.02 Å². The summed E-state index contributed by atoms with van der Waals surface area (Å²) >= 11 is 6.68. The summed E-state index contributed by atoms with van der Waals surface area (Å²) in [7, 11) is 0. The first-order valence-corrected chi connectivity index (χ1v) is 11.4. The summed E-state index contributed by atoms with van der Waals surface area (Å²) in [4.78, 5) is 61.6. The number of carbonyl (C=O) groups is 5. The van der Waals surface area contributed by atoms with Gasteiger partial charge in [-0.15, -0.1) is 0 Å². The predicted molar refractivity (Wildman–Crippen MR) is 130 cm³/mol. The van der Waals surface area contributed by atoms with E-state index in [0.717, 1.165) is 4.90 Å². The number of halogens is 1. The number of imide groups is 1. The molecular weight excluding hydrogens is 498 g/mol. The van der Waals surface area contributed by atoms with E-state index in [0.29, 0.717) is 23.1 Å². The van der Waals surface area contributed by atoms with Gasteiger partial charge in [0.2, 0.25) is 5.91 Å². The van der Waals surface area contributed by atoms with Crippen LogP contribution >= 0.6 is 23.4 Å². The number of ether oxygens (including phenoxy) is 2. The Morgan fingerprint density at radius 1 is 1.17 bits per heavy atom. The second kappa shape index (κ2) is 11.5. The third-order valence-corrected chi connectivity index (χ3v) is 5.73. The number of anilines is 1. The van der Waals surface area contributed by atoms with E-state index in [1.807, 2.05) is 0 Å². The molecule has 0 aliphatic carbocycles. The SMILES string of the molecule is CCOC(=O)c1cc(NC(=O)CN2C(=O)S/C(=C/c3ccccc3OCC(N)=O)C2=O)ccc1Cl. The van der Waals surface area contributed by atoms with Gasteiger partial charge in [0.25, 0.3) is 17.1 Å². The largest absolute Gasteiger partial charge is 0.483 e. The molecule has 1 saturated heterocycles. The highest BCUT2D eigenvalue weighted by molar-refractivity contribution is 8.18. The van der Waals surface area contributed by atoms with Crippen molar-refractivity contribution in [1.82, 2.24) is 4.90 Å². The van der Waals surface area contributed by atoms with E-state index in [2.05, 4.69) is 5.32 Å². The minimum absolute atomic E-state index is 0.0673. The molecule has 182 valence electrons. The summed E-state index contributed by atoms with van der Waals surface area (Å²) in [6.07, 6.45) is 1.43. The standard InChI is InChI=1S/C23H20ClN3O7S/c1-2-33-22(31)15-10-14(7-8-16(15)24)26-20(29)11-27-21(30)18(35-23(27)32)9-13-5-3-4-6-17(13)34-12-19(25)28/h3-10H,2,11-12H2,1H3,(H2,25,28)(H,26,29)/b18-9+. The van der Waals surface area contributed by atoms with Crippen molar-refractivity contribution in [3.8, 4) is 5.75 Å². The van der Waals surface area contributed by atoms with Gasteiger partial charge < -0.3 is 20.5 Å². The van der Waals surface area contributed by atoms with Crippen molar-refractivity contribution >= 4 is 64.1 Å². The lowest BCUT2D eigenvalue weighted by molar-refractivity contribution is -0.127. The van der Waals surface area contributed by atoms with Crippen LogP contribution in [0.5, 0.6) is 5.75 Å². The Kier molecular flexibility index (Phi) is 8.50. The zero-order valence-corrected chi connectivity index (χ0v) is 20.0. The number of hydrogen-bond acceptors (Lipinski definition) is 8. The Morgan fingerprint density at radius 2 is 1.91 bits per heavy atom. The number of rotatable bonds is 9. The maximum Gasteiger partial charge on any atom is 0.339 e. The minimum atomic E-state index is -0.666. The predicted octanol–water partition coefficient (Wildman–Crippen LogP) is 3.06. The average molecular weight is 518 g/mol. The number of nitrogens with two attached hydrogens (primary N) is 1. The topological polar surface area (TPSA) is 145 Å². The molecule has 0 saturated carbocycles. The Morgan fingerprint density at radius 3 is 2.63 bits per heavy atom. The molecule has 12 heteroatoms.